The predicted octanol–water partition coefficient (Wildman–Crippen LogP) is 3.62. The van der Waals surface area contributed by atoms with Crippen LogP contribution in [-0.2, 0) is 4.79 Å². The number of aromatic nitrogens is 2. The molecule has 1 aromatic heterocycles. The van der Waals surface area contributed by atoms with Gasteiger partial charge in [-0.1, -0.05) is 36.9 Å². The molecule has 3 rings (SSSR count). The van der Waals surface area contributed by atoms with Gasteiger partial charge in [0, 0.05) is 18.2 Å². The molecule has 2 aromatic rings. The molecule has 0 N–H and O–H groups in total. The molecule has 122 valence electrons. The Bertz CT molecular complexity index is 644. The summed E-state index contributed by atoms with van der Waals surface area (Å²) in [5, 5.41) is 8.52. The Morgan fingerprint density at radius 3 is 2.91 bits per heavy atom. The number of carbonyl (C=O) groups excluding carboxylic acids is 1. The number of thioether (sulfide) groups is 1. The Kier molecular flexibility index (Phi) is 5.33. The number of hydrogen-bond acceptors (Lipinski definition) is 5. The fourth-order valence-electron chi connectivity index (χ4n) is 2.93. The second-order valence-electron chi connectivity index (χ2n) is 5.67. The van der Waals surface area contributed by atoms with Crippen molar-refractivity contribution in [3.63, 3.8) is 0 Å². The SMILES string of the molecule is CC[C@@H]1CCCCN1C(=O)CSc1nnc(-c2ccccc2)o1. The molecule has 0 unspecified atom stereocenters. The number of likely N-dealkylation sites (tertiary alicyclic amines) is 1. The van der Waals surface area contributed by atoms with E-state index < -0.39 is 0 Å². The molecule has 5 nitrogen and oxygen atoms in total. The molecule has 1 amide bonds. The minimum Gasteiger partial charge on any atom is -0.411 e. The summed E-state index contributed by atoms with van der Waals surface area (Å²) in [6, 6.07) is 10.0. The minimum atomic E-state index is 0.168. The van der Waals surface area contributed by atoms with E-state index >= 15 is 0 Å². The summed E-state index contributed by atoms with van der Waals surface area (Å²) in [5.74, 6) is 1.01. The second kappa shape index (κ2) is 7.64. The summed E-state index contributed by atoms with van der Waals surface area (Å²) in [6.07, 6.45) is 4.46. The van der Waals surface area contributed by atoms with Gasteiger partial charge in [0.15, 0.2) is 0 Å². The maximum absolute atomic E-state index is 12.4. The van der Waals surface area contributed by atoms with Crippen LogP contribution < -0.4 is 0 Å². The molecule has 2 heterocycles. The van der Waals surface area contributed by atoms with Crippen LogP contribution in [0.25, 0.3) is 11.5 Å². The van der Waals surface area contributed by atoms with E-state index in [0.29, 0.717) is 22.9 Å². The smallest absolute Gasteiger partial charge is 0.277 e. The van der Waals surface area contributed by atoms with Crippen molar-refractivity contribution in [2.45, 2.75) is 43.9 Å². The molecule has 0 bridgehead atoms. The van der Waals surface area contributed by atoms with E-state index in [0.717, 1.165) is 31.4 Å². The van der Waals surface area contributed by atoms with Crippen molar-refractivity contribution in [2.24, 2.45) is 0 Å². The first-order chi connectivity index (χ1) is 11.3. The molecule has 0 spiro atoms. The Morgan fingerprint density at radius 1 is 1.30 bits per heavy atom. The minimum absolute atomic E-state index is 0.168. The second-order valence-corrected chi connectivity index (χ2v) is 6.60. The third kappa shape index (κ3) is 3.93. The molecule has 0 radical (unpaired) electrons. The zero-order valence-corrected chi connectivity index (χ0v) is 14.1. The van der Waals surface area contributed by atoms with Gasteiger partial charge in [-0.15, -0.1) is 10.2 Å². The van der Waals surface area contributed by atoms with Crippen LogP contribution in [-0.4, -0.2) is 39.3 Å². The average Bonchev–Trinajstić information content (AvgIpc) is 3.09. The fraction of sp³-hybridized carbons (Fsp3) is 0.471. The summed E-state index contributed by atoms with van der Waals surface area (Å²) in [7, 11) is 0. The van der Waals surface area contributed by atoms with Gasteiger partial charge in [-0.25, -0.2) is 0 Å². The zero-order valence-electron chi connectivity index (χ0n) is 13.3. The van der Waals surface area contributed by atoms with E-state index in [9.17, 15) is 4.79 Å². The highest BCUT2D eigenvalue weighted by Gasteiger charge is 2.25. The van der Waals surface area contributed by atoms with Crippen LogP contribution in [0.3, 0.4) is 0 Å². The number of piperidine rings is 1. The third-order valence-corrected chi connectivity index (χ3v) is 4.97. The van der Waals surface area contributed by atoms with E-state index in [4.69, 9.17) is 4.42 Å². The standard InChI is InChI=1S/C17H21N3O2S/c1-2-14-10-6-7-11-20(14)15(21)12-23-17-19-18-16(22-17)13-8-4-3-5-9-13/h3-5,8-9,14H,2,6-7,10-12H2,1H3/t14-/m1/s1. The number of nitrogens with zero attached hydrogens (tertiary/aromatic N) is 3. The highest BCUT2D eigenvalue weighted by atomic mass is 32.2. The van der Waals surface area contributed by atoms with Crippen LogP contribution in [0.15, 0.2) is 40.0 Å². The molecule has 6 heteroatoms. The van der Waals surface area contributed by atoms with Crippen molar-refractivity contribution in [1.29, 1.82) is 0 Å². The molecular formula is C17H21N3O2S. The van der Waals surface area contributed by atoms with Crippen molar-refractivity contribution >= 4 is 17.7 Å². The first-order valence-corrected chi connectivity index (χ1v) is 9.07. The lowest BCUT2D eigenvalue weighted by Gasteiger charge is -2.35. The van der Waals surface area contributed by atoms with Gasteiger partial charge in [-0.3, -0.25) is 4.79 Å². The average molecular weight is 331 g/mol. The predicted molar refractivity (Wildman–Crippen MR) is 90.1 cm³/mol. The van der Waals surface area contributed by atoms with Gasteiger partial charge < -0.3 is 9.32 Å². The Morgan fingerprint density at radius 2 is 2.13 bits per heavy atom. The van der Waals surface area contributed by atoms with Crippen molar-refractivity contribution in [3.8, 4) is 11.5 Å². The first kappa shape index (κ1) is 16.1. The van der Waals surface area contributed by atoms with Crippen molar-refractivity contribution in [1.82, 2.24) is 15.1 Å². The summed E-state index contributed by atoms with van der Waals surface area (Å²) in [6.45, 7) is 3.02. The largest absolute Gasteiger partial charge is 0.411 e. The van der Waals surface area contributed by atoms with E-state index in [-0.39, 0.29) is 5.91 Å². The molecule has 1 aromatic carbocycles. The topological polar surface area (TPSA) is 59.2 Å². The number of rotatable bonds is 5. The monoisotopic (exact) mass is 331 g/mol. The quantitative estimate of drug-likeness (QED) is 0.783. The lowest BCUT2D eigenvalue weighted by molar-refractivity contribution is -0.132. The number of benzene rings is 1. The number of hydrogen-bond donors (Lipinski definition) is 0. The van der Waals surface area contributed by atoms with Crippen LogP contribution in [0.4, 0.5) is 0 Å². The van der Waals surface area contributed by atoms with Gasteiger partial charge in [0.05, 0.1) is 5.75 Å². The molecule has 1 aliphatic rings. The number of amides is 1. The van der Waals surface area contributed by atoms with Crippen molar-refractivity contribution < 1.29 is 9.21 Å². The summed E-state index contributed by atoms with van der Waals surface area (Å²) < 4.78 is 5.63. The molecule has 1 saturated heterocycles. The lowest BCUT2D eigenvalue weighted by atomic mass is 10.0. The summed E-state index contributed by atoms with van der Waals surface area (Å²) >= 11 is 1.32. The van der Waals surface area contributed by atoms with Crippen molar-refractivity contribution in [3.05, 3.63) is 30.3 Å². The zero-order chi connectivity index (χ0) is 16.1. The van der Waals surface area contributed by atoms with Gasteiger partial charge in [0.2, 0.25) is 11.8 Å². The summed E-state index contributed by atoms with van der Waals surface area (Å²) in [4.78, 5) is 14.5. The van der Waals surface area contributed by atoms with E-state index in [2.05, 4.69) is 17.1 Å². The Hall–Kier alpha value is -1.82. The van der Waals surface area contributed by atoms with E-state index in [1.54, 1.807) is 0 Å². The fourth-order valence-corrected chi connectivity index (χ4v) is 3.57. The van der Waals surface area contributed by atoms with Crippen LogP contribution >= 0.6 is 11.8 Å². The van der Waals surface area contributed by atoms with Gasteiger partial charge in [0.1, 0.15) is 0 Å². The Labute approximate surface area is 140 Å². The van der Waals surface area contributed by atoms with Crippen molar-refractivity contribution in [2.75, 3.05) is 12.3 Å². The number of carbonyl (C=O) groups is 1. The molecule has 0 aliphatic carbocycles. The van der Waals surface area contributed by atoms with E-state index in [1.807, 2.05) is 35.2 Å². The highest BCUT2D eigenvalue weighted by molar-refractivity contribution is 7.99. The van der Waals surface area contributed by atoms with Crippen LogP contribution in [0.2, 0.25) is 0 Å². The van der Waals surface area contributed by atoms with Gasteiger partial charge in [-0.05, 0) is 37.8 Å². The Balaban J connectivity index is 1.58. The normalized spacial score (nSPS) is 18.1. The van der Waals surface area contributed by atoms with Gasteiger partial charge in [0.25, 0.3) is 5.22 Å². The molecule has 1 fully saturated rings. The van der Waals surface area contributed by atoms with Crippen LogP contribution in [0, 0.1) is 0 Å². The molecular weight excluding hydrogens is 310 g/mol. The maximum Gasteiger partial charge on any atom is 0.277 e. The van der Waals surface area contributed by atoms with Gasteiger partial charge in [-0.2, -0.15) is 0 Å². The third-order valence-electron chi connectivity index (χ3n) is 4.17. The molecule has 23 heavy (non-hydrogen) atoms. The maximum atomic E-state index is 12.4. The molecule has 1 atom stereocenters. The van der Waals surface area contributed by atoms with Crippen LogP contribution in [0.5, 0.6) is 0 Å². The first-order valence-electron chi connectivity index (χ1n) is 8.09. The molecule has 0 saturated carbocycles. The lowest BCUT2D eigenvalue weighted by Crippen LogP contribution is -2.44. The summed E-state index contributed by atoms with van der Waals surface area (Å²) in [5.41, 5.74) is 0.889. The van der Waals surface area contributed by atoms with Crippen LogP contribution in [0.1, 0.15) is 32.6 Å². The highest BCUT2D eigenvalue weighted by Crippen LogP contribution is 2.25. The molecule has 1 aliphatic heterocycles. The van der Waals surface area contributed by atoms with E-state index in [1.165, 1.54) is 18.2 Å². The van der Waals surface area contributed by atoms with Gasteiger partial charge >= 0.3 is 0 Å².